The minimum Gasteiger partial charge on any atom is -0.497 e. The van der Waals surface area contributed by atoms with Gasteiger partial charge in [0.2, 0.25) is 5.91 Å². The molecule has 0 saturated carbocycles. The molecular formula is C21H27N2O3+. The zero-order valence-electron chi connectivity index (χ0n) is 15.5. The van der Waals surface area contributed by atoms with Crippen molar-refractivity contribution in [3.8, 4) is 11.5 Å². The van der Waals surface area contributed by atoms with Gasteiger partial charge in [-0.15, -0.1) is 0 Å². The summed E-state index contributed by atoms with van der Waals surface area (Å²) in [4.78, 5) is 16.1. The third-order valence-corrected chi connectivity index (χ3v) is 4.97. The van der Waals surface area contributed by atoms with Crippen molar-refractivity contribution in [2.45, 2.75) is 13.0 Å². The van der Waals surface area contributed by atoms with Gasteiger partial charge in [-0.2, -0.15) is 0 Å². The van der Waals surface area contributed by atoms with Crippen molar-refractivity contribution >= 4 is 5.91 Å². The van der Waals surface area contributed by atoms with E-state index in [2.05, 4.69) is 12.1 Å². The summed E-state index contributed by atoms with van der Waals surface area (Å²) in [5, 5.41) is 0. The lowest BCUT2D eigenvalue weighted by Crippen LogP contribution is -3.13. The molecule has 138 valence electrons. The smallest absolute Gasteiger partial charge is 0.227 e. The van der Waals surface area contributed by atoms with Crippen LogP contribution in [0, 0.1) is 0 Å². The second-order valence-corrected chi connectivity index (χ2v) is 6.64. The Morgan fingerprint density at radius 3 is 2.35 bits per heavy atom. The molecule has 1 saturated heterocycles. The second kappa shape index (κ2) is 8.72. The quantitative estimate of drug-likeness (QED) is 0.846. The highest BCUT2D eigenvalue weighted by Crippen LogP contribution is 2.18. The fraction of sp³-hybridized carbons (Fsp3) is 0.381. The molecule has 0 aromatic heterocycles. The molecule has 0 spiro atoms. The van der Waals surface area contributed by atoms with E-state index in [0.717, 1.165) is 49.8 Å². The Labute approximate surface area is 155 Å². The summed E-state index contributed by atoms with van der Waals surface area (Å²) < 4.78 is 10.6. The molecule has 1 aliphatic rings. The Kier molecular flexibility index (Phi) is 6.12. The number of benzene rings is 2. The second-order valence-electron chi connectivity index (χ2n) is 6.64. The SMILES string of the molecule is COc1ccc(C[NH+]2CCN(C(=O)Cc3ccccc3OC)CC2)cc1. The normalized spacial score (nSPS) is 14.9. The third kappa shape index (κ3) is 4.55. The Morgan fingerprint density at radius 1 is 1.00 bits per heavy atom. The Hall–Kier alpha value is -2.53. The Morgan fingerprint density at radius 2 is 1.69 bits per heavy atom. The number of carbonyl (C=O) groups excluding carboxylic acids is 1. The minimum atomic E-state index is 0.179. The molecule has 5 heteroatoms. The lowest BCUT2D eigenvalue weighted by atomic mass is 10.1. The zero-order chi connectivity index (χ0) is 18.4. The predicted molar refractivity (Wildman–Crippen MR) is 101 cm³/mol. The number of quaternary nitrogens is 1. The van der Waals surface area contributed by atoms with Gasteiger partial charge in [-0.1, -0.05) is 18.2 Å². The van der Waals surface area contributed by atoms with Crippen molar-refractivity contribution < 1.29 is 19.2 Å². The third-order valence-electron chi connectivity index (χ3n) is 4.97. The van der Waals surface area contributed by atoms with E-state index in [1.165, 1.54) is 10.5 Å². The standard InChI is InChI=1S/C21H26N2O3/c1-25-19-9-7-17(8-10-19)16-22-11-13-23(14-12-22)21(24)15-18-5-3-4-6-20(18)26-2/h3-10H,11-16H2,1-2H3/p+1. The van der Waals surface area contributed by atoms with Crippen LogP contribution in [0.3, 0.4) is 0 Å². The summed E-state index contributed by atoms with van der Waals surface area (Å²) in [6.07, 6.45) is 0.401. The fourth-order valence-electron chi connectivity index (χ4n) is 3.40. The molecule has 1 heterocycles. The first-order valence-corrected chi connectivity index (χ1v) is 9.05. The van der Waals surface area contributed by atoms with Gasteiger partial charge >= 0.3 is 0 Å². The van der Waals surface area contributed by atoms with Crippen LogP contribution < -0.4 is 14.4 Å². The number of ether oxygens (including phenoxy) is 2. The molecule has 26 heavy (non-hydrogen) atoms. The Balaban J connectivity index is 1.50. The van der Waals surface area contributed by atoms with Crippen LogP contribution in [0.4, 0.5) is 0 Å². The molecule has 0 bridgehead atoms. The van der Waals surface area contributed by atoms with E-state index < -0.39 is 0 Å². The van der Waals surface area contributed by atoms with Crippen LogP contribution in [0.2, 0.25) is 0 Å². The highest BCUT2D eigenvalue weighted by Gasteiger charge is 2.24. The maximum atomic E-state index is 12.6. The van der Waals surface area contributed by atoms with Gasteiger partial charge in [0.1, 0.15) is 18.0 Å². The van der Waals surface area contributed by atoms with Crippen molar-refractivity contribution in [3.63, 3.8) is 0 Å². The highest BCUT2D eigenvalue weighted by molar-refractivity contribution is 5.79. The van der Waals surface area contributed by atoms with Crippen molar-refractivity contribution in [1.82, 2.24) is 4.90 Å². The average Bonchev–Trinajstić information content (AvgIpc) is 2.69. The van der Waals surface area contributed by atoms with Crippen molar-refractivity contribution in [3.05, 3.63) is 59.7 Å². The van der Waals surface area contributed by atoms with Crippen LogP contribution in [0.15, 0.2) is 48.5 Å². The Bertz CT molecular complexity index is 722. The van der Waals surface area contributed by atoms with Crippen molar-refractivity contribution in [2.24, 2.45) is 0 Å². The number of piperazine rings is 1. The molecule has 2 aromatic rings. The number of nitrogens with one attached hydrogen (secondary N) is 1. The molecule has 0 unspecified atom stereocenters. The van der Waals surface area contributed by atoms with E-state index in [4.69, 9.17) is 9.47 Å². The molecule has 0 atom stereocenters. The zero-order valence-corrected chi connectivity index (χ0v) is 15.5. The van der Waals surface area contributed by atoms with E-state index in [-0.39, 0.29) is 5.91 Å². The molecule has 5 nitrogen and oxygen atoms in total. The maximum absolute atomic E-state index is 12.6. The van der Waals surface area contributed by atoms with E-state index in [1.54, 1.807) is 14.2 Å². The number of rotatable bonds is 6. The lowest BCUT2D eigenvalue weighted by molar-refractivity contribution is -0.917. The summed E-state index contributed by atoms with van der Waals surface area (Å²) >= 11 is 0. The predicted octanol–water partition coefficient (Wildman–Crippen LogP) is 1.17. The fourth-order valence-corrected chi connectivity index (χ4v) is 3.40. The molecule has 1 amide bonds. The number of amides is 1. The first kappa shape index (κ1) is 18.3. The van der Waals surface area contributed by atoms with Gasteiger partial charge in [0.05, 0.1) is 46.8 Å². The first-order valence-electron chi connectivity index (χ1n) is 9.05. The summed E-state index contributed by atoms with van der Waals surface area (Å²) in [6, 6.07) is 16.0. The van der Waals surface area contributed by atoms with Gasteiger partial charge in [0.25, 0.3) is 0 Å². The van der Waals surface area contributed by atoms with E-state index >= 15 is 0 Å². The lowest BCUT2D eigenvalue weighted by Gasteiger charge is -2.32. The van der Waals surface area contributed by atoms with Gasteiger partial charge in [0, 0.05) is 11.1 Å². The summed E-state index contributed by atoms with van der Waals surface area (Å²) in [6.45, 7) is 4.55. The number of carbonyl (C=O) groups is 1. The first-order chi connectivity index (χ1) is 12.7. The minimum absolute atomic E-state index is 0.179. The highest BCUT2D eigenvalue weighted by atomic mass is 16.5. The number of hydrogen-bond acceptors (Lipinski definition) is 3. The molecule has 1 aliphatic heterocycles. The maximum Gasteiger partial charge on any atom is 0.227 e. The summed E-state index contributed by atoms with van der Waals surface area (Å²) in [5.41, 5.74) is 2.25. The van der Waals surface area contributed by atoms with Crippen LogP contribution >= 0.6 is 0 Å². The molecule has 2 aromatic carbocycles. The van der Waals surface area contributed by atoms with Crippen LogP contribution in [0.25, 0.3) is 0 Å². The van der Waals surface area contributed by atoms with Crippen LogP contribution in [0.1, 0.15) is 11.1 Å². The van der Waals surface area contributed by atoms with Crippen LogP contribution in [-0.2, 0) is 17.8 Å². The molecule has 0 radical (unpaired) electrons. The van der Waals surface area contributed by atoms with Gasteiger partial charge in [-0.25, -0.2) is 0 Å². The number of methoxy groups -OCH3 is 2. The van der Waals surface area contributed by atoms with E-state index in [0.29, 0.717) is 6.42 Å². The van der Waals surface area contributed by atoms with E-state index in [1.807, 2.05) is 41.3 Å². The number of para-hydroxylation sites is 1. The molecule has 1 N–H and O–H groups in total. The van der Waals surface area contributed by atoms with Crippen molar-refractivity contribution in [2.75, 3.05) is 40.4 Å². The largest absolute Gasteiger partial charge is 0.497 e. The number of hydrogen-bond donors (Lipinski definition) is 1. The molecule has 0 aliphatic carbocycles. The summed E-state index contributed by atoms with van der Waals surface area (Å²) in [5.74, 6) is 1.85. The van der Waals surface area contributed by atoms with Crippen molar-refractivity contribution in [1.29, 1.82) is 0 Å². The average molecular weight is 355 g/mol. The topological polar surface area (TPSA) is 43.2 Å². The van der Waals surface area contributed by atoms with Gasteiger partial charge in [-0.05, 0) is 30.3 Å². The van der Waals surface area contributed by atoms with Crippen LogP contribution in [-0.4, -0.2) is 51.2 Å². The number of nitrogens with zero attached hydrogens (tertiary/aromatic N) is 1. The molecular weight excluding hydrogens is 328 g/mol. The van der Waals surface area contributed by atoms with Gasteiger partial charge in [-0.3, -0.25) is 4.79 Å². The monoisotopic (exact) mass is 355 g/mol. The summed E-state index contributed by atoms with van der Waals surface area (Å²) in [7, 11) is 3.33. The van der Waals surface area contributed by atoms with E-state index in [9.17, 15) is 4.79 Å². The molecule has 3 rings (SSSR count). The van der Waals surface area contributed by atoms with Gasteiger partial charge in [0.15, 0.2) is 0 Å². The molecule has 1 fully saturated rings. The van der Waals surface area contributed by atoms with Gasteiger partial charge < -0.3 is 19.3 Å². The van der Waals surface area contributed by atoms with Crippen LogP contribution in [0.5, 0.6) is 11.5 Å².